The molecular formula is C19H20B4N4O3S2. The van der Waals surface area contributed by atoms with Crippen LogP contribution < -0.4 is 10.5 Å². The summed E-state index contributed by atoms with van der Waals surface area (Å²) in [6.45, 7) is 3.08. The maximum Gasteiger partial charge on any atom is 0.354 e. The van der Waals surface area contributed by atoms with Crippen LogP contribution in [0.15, 0.2) is 20.8 Å². The summed E-state index contributed by atoms with van der Waals surface area (Å²) in [6.07, 6.45) is 3.33. The molecule has 1 unspecified atom stereocenters. The van der Waals surface area contributed by atoms with Gasteiger partial charge in [0.1, 0.15) is 14.8 Å². The Morgan fingerprint density at radius 2 is 1.75 bits per heavy atom. The molecule has 1 heterocycles. The highest BCUT2D eigenvalue weighted by Gasteiger charge is 2.38. The lowest BCUT2D eigenvalue weighted by Crippen LogP contribution is -2.27. The average Bonchev–Trinajstić information content (AvgIpc) is 3.32. The molecule has 0 spiro atoms. The Kier molecular flexibility index (Phi) is 5.52. The summed E-state index contributed by atoms with van der Waals surface area (Å²) < 4.78 is 16.8. The molecule has 8 radical (unpaired) electrons. The van der Waals surface area contributed by atoms with Gasteiger partial charge in [0.25, 0.3) is 0 Å². The lowest BCUT2D eigenvalue weighted by Gasteiger charge is -2.27. The smallest absolute Gasteiger partial charge is 0.354 e. The second-order valence-electron chi connectivity index (χ2n) is 9.02. The lowest BCUT2D eigenvalue weighted by atomic mass is 9.49. The minimum atomic E-state index is -3.58. The van der Waals surface area contributed by atoms with E-state index in [1.165, 1.54) is 20.0 Å². The number of anilines is 1. The molecule has 0 aliphatic heterocycles. The maximum atomic E-state index is 13.0. The number of benzene rings is 1. The summed E-state index contributed by atoms with van der Waals surface area (Å²) in [6, 6.07) is 0.948. The molecule has 2 aliphatic carbocycles. The van der Waals surface area contributed by atoms with Crippen molar-refractivity contribution in [3.63, 3.8) is 0 Å². The zero-order chi connectivity index (χ0) is 23.7. The van der Waals surface area contributed by atoms with Gasteiger partial charge in [-0.15, -0.1) is 15.7 Å². The number of urea groups is 1. The van der Waals surface area contributed by atoms with Gasteiger partial charge < -0.3 is 10.4 Å². The van der Waals surface area contributed by atoms with Crippen molar-refractivity contribution in [2.24, 2.45) is 9.50 Å². The Morgan fingerprint density at radius 1 is 1.22 bits per heavy atom. The number of fused-ring (bicyclic) bond motifs is 2. The topological polar surface area (TPSA) is 118 Å². The third kappa shape index (κ3) is 4.08. The molecule has 0 bridgehead atoms. The maximum absolute atomic E-state index is 13.0. The number of nitrogens with zero attached hydrogens (tertiary/aromatic N) is 2. The second kappa shape index (κ2) is 7.48. The van der Waals surface area contributed by atoms with Crippen LogP contribution in [0.3, 0.4) is 0 Å². The van der Waals surface area contributed by atoms with Gasteiger partial charge in [0, 0.05) is 5.69 Å². The molecule has 2 amide bonds. The fourth-order valence-corrected chi connectivity index (χ4v) is 6.24. The van der Waals surface area contributed by atoms with Gasteiger partial charge >= 0.3 is 6.03 Å². The summed E-state index contributed by atoms with van der Waals surface area (Å²) in [5.41, 5.74) is 2.18. The van der Waals surface area contributed by atoms with Crippen molar-refractivity contribution in [1.29, 1.82) is 0 Å². The van der Waals surface area contributed by atoms with Crippen LogP contribution in [0.25, 0.3) is 0 Å². The number of nitrogens with one attached hydrogen (secondary N) is 1. The highest BCUT2D eigenvalue weighted by molar-refractivity contribution is 7.93. The zero-order valence-corrected chi connectivity index (χ0v) is 19.5. The van der Waals surface area contributed by atoms with Crippen LogP contribution in [-0.4, -0.2) is 51.7 Å². The zero-order valence-electron chi connectivity index (χ0n) is 17.8. The first kappa shape index (κ1) is 23.6. The van der Waals surface area contributed by atoms with Crippen LogP contribution in [-0.2, 0) is 38.8 Å². The quantitative estimate of drug-likeness (QED) is 0.597. The first-order chi connectivity index (χ1) is 14.6. The fourth-order valence-electron chi connectivity index (χ4n) is 4.18. The third-order valence-corrected chi connectivity index (χ3v) is 9.06. The number of nitrogens with two attached hydrogens (primary N) is 1. The molecule has 0 saturated carbocycles. The normalized spacial score (nSPS) is 20.2. The Morgan fingerprint density at radius 3 is 2.22 bits per heavy atom. The van der Waals surface area contributed by atoms with E-state index in [0.29, 0.717) is 47.5 Å². The van der Waals surface area contributed by atoms with Gasteiger partial charge in [0.15, 0.2) is 9.92 Å². The number of carbonyl (C=O) groups excluding carboxylic acids is 1. The predicted octanol–water partition coefficient (Wildman–Crippen LogP) is 1.18. The van der Waals surface area contributed by atoms with E-state index in [4.69, 9.17) is 36.5 Å². The van der Waals surface area contributed by atoms with Crippen molar-refractivity contribution in [3.05, 3.63) is 39.5 Å². The Bertz CT molecular complexity index is 1200. The number of aromatic nitrogens is 1. The number of carbonyl (C=O) groups is 1. The molecule has 4 rings (SSSR count). The lowest BCUT2D eigenvalue weighted by molar-refractivity contribution is 0.0783. The largest absolute Gasteiger partial charge is 0.383 e. The standard InChI is InChI=1S/C19H20B4N4O3S2/c1-17(2,29)15-25-8-13(31-15)32(24,30)27-16(28)26-14-9-3-5-18(20,21)11(9)7-12-10(14)4-6-19(12,22)23/h7-8,29H,3-6H2,1-2H3,(H3,24,26,27,28,30). The van der Waals surface area contributed by atoms with E-state index in [9.17, 15) is 14.1 Å². The van der Waals surface area contributed by atoms with E-state index in [0.717, 1.165) is 22.5 Å². The number of aliphatic hydroxyl groups is 1. The van der Waals surface area contributed by atoms with E-state index < -0.39 is 32.0 Å². The van der Waals surface area contributed by atoms with E-state index >= 15 is 0 Å². The highest BCUT2D eigenvalue weighted by atomic mass is 32.2. The Hall–Kier alpha value is -1.55. The number of amides is 2. The number of hydrogen-bond donors (Lipinski definition) is 3. The van der Waals surface area contributed by atoms with Crippen molar-refractivity contribution in [2.75, 3.05) is 5.32 Å². The second-order valence-corrected chi connectivity index (χ2v) is 12.1. The molecule has 1 aromatic heterocycles. The van der Waals surface area contributed by atoms with Crippen LogP contribution >= 0.6 is 11.3 Å². The minimum absolute atomic E-state index is 0.0826. The summed E-state index contributed by atoms with van der Waals surface area (Å²) in [5.74, 6) is 0. The van der Waals surface area contributed by atoms with Gasteiger partial charge in [-0.25, -0.2) is 19.1 Å². The first-order valence-corrected chi connectivity index (χ1v) is 12.4. The molecule has 7 nitrogen and oxygen atoms in total. The SMILES string of the molecule is [B]C1([B])CCc2c1cc1c(c2NC(=O)N=S(N)(=O)c2cnc(C(C)(C)O)s2)CCC1([B])[B]. The Balaban J connectivity index is 1.73. The molecule has 158 valence electrons. The van der Waals surface area contributed by atoms with E-state index in [1.54, 1.807) is 0 Å². The molecule has 1 aromatic carbocycles. The van der Waals surface area contributed by atoms with E-state index in [1.807, 2.05) is 6.07 Å². The van der Waals surface area contributed by atoms with Crippen molar-refractivity contribution < 1.29 is 14.1 Å². The van der Waals surface area contributed by atoms with Crippen LogP contribution in [0, 0.1) is 0 Å². The van der Waals surface area contributed by atoms with Crippen LogP contribution in [0.5, 0.6) is 0 Å². The van der Waals surface area contributed by atoms with Gasteiger partial charge in [-0.1, -0.05) is 40.5 Å². The summed E-state index contributed by atoms with van der Waals surface area (Å²) >= 11 is 0.933. The van der Waals surface area contributed by atoms with Crippen LogP contribution in [0.4, 0.5) is 10.5 Å². The highest BCUT2D eigenvalue weighted by Crippen LogP contribution is 2.47. The monoisotopic (exact) mass is 460 g/mol. The molecule has 1 atom stereocenters. The van der Waals surface area contributed by atoms with E-state index in [-0.39, 0.29) is 4.21 Å². The minimum Gasteiger partial charge on any atom is -0.383 e. The molecule has 2 aliphatic rings. The van der Waals surface area contributed by atoms with Crippen molar-refractivity contribution in [3.8, 4) is 0 Å². The molecule has 13 heteroatoms. The van der Waals surface area contributed by atoms with Gasteiger partial charge in [-0.2, -0.15) is 0 Å². The van der Waals surface area contributed by atoms with Crippen molar-refractivity contribution >= 4 is 64.4 Å². The van der Waals surface area contributed by atoms with E-state index in [2.05, 4.69) is 14.7 Å². The van der Waals surface area contributed by atoms with Gasteiger partial charge in [-0.05, 0) is 37.8 Å². The van der Waals surface area contributed by atoms with Crippen LogP contribution in [0.1, 0.15) is 54.0 Å². The molecule has 4 N–H and O–H groups in total. The predicted molar refractivity (Wildman–Crippen MR) is 129 cm³/mol. The van der Waals surface area contributed by atoms with Gasteiger partial charge in [-0.3, -0.25) is 0 Å². The number of hydrogen-bond acceptors (Lipinski definition) is 5. The average molecular weight is 460 g/mol. The van der Waals surface area contributed by atoms with Gasteiger partial charge in [0.2, 0.25) is 0 Å². The third-order valence-electron chi connectivity index (χ3n) is 5.87. The molecule has 2 aromatic rings. The number of rotatable bonds is 3. The molecule has 0 saturated heterocycles. The fraction of sp³-hybridized carbons (Fsp3) is 0.474. The summed E-state index contributed by atoms with van der Waals surface area (Å²) in [5, 5.41) is 16.8. The Labute approximate surface area is 197 Å². The summed E-state index contributed by atoms with van der Waals surface area (Å²) in [4.78, 5) is 16.8. The first-order valence-electron chi connectivity index (χ1n) is 10.0. The summed E-state index contributed by atoms with van der Waals surface area (Å²) in [7, 11) is 21.4. The molecular weight excluding hydrogens is 440 g/mol. The van der Waals surface area contributed by atoms with Crippen molar-refractivity contribution in [1.82, 2.24) is 4.98 Å². The number of thiazole rings is 1. The van der Waals surface area contributed by atoms with Gasteiger partial charge in [0.05, 0.1) is 37.6 Å². The molecule has 0 fully saturated rings. The molecule has 32 heavy (non-hydrogen) atoms. The van der Waals surface area contributed by atoms with Crippen molar-refractivity contribution in [2.45, 2.75) is 59.8 Å². The van der Waals surface area contributed by atoms with Crippen LogP contribution in [0.2, 0.25) is 0 Å².